The van der Waals surface area contributed by atoms with E-state index >= 15 is 0 Å². The summed E-state index contributed by atoms with van der Waals surface area (Å²) in [7, 11) is 1.70. The standard InChI is InChI=1S/C11H15ClO/c1-8(2)10-6-9(7-12)4-5-11(10)13-3/h4-6,8H,7H2,1-3H3. The van der Waals surface area contributed by atoms with Crippen molar-refractivity contribution in [1.29, 1.82) is 0 Å². The van der Waals surface area contributed by atoms with Crippen molar-refractivity contribution in [3.05, 3.63) is 29.3 Å². The van der Waals surface area contributed by atoms with Gasteiger partial charge in [-0.2, -0.15) is 0 Å². The highest BCUT2D eigenvalue weighted by Gasteiger charge is 2.07. The number of rotatable bonds is 3. The highest BCUT2D eigenvalue weighted by molar-refractivity contribution is 6.17. The Morgan fingerprint density at radius 2 is 2.08 bits per heavy atom. The zero-order valence-corrected chi connectivity index (χ0v) is 9.06. The highest BCUT2D eigenvalue weighted by Crippen LogP contribution is 2.27. The van der Waals surface area contributed by atoms with Gasteiger partial charge in [0.2, 0.25) is 0 Å². The number of benzene rings is 1. The molecule has 72 valence electrons. The average molecular weight is 199 g/mol. The summed E-state index contributed by atoms with van der Waals surface area (Å²) in [5.41, 5.74) is 2.37. The molecule has 0 saturated carbocycles. The van der Waals surface area contributed by atoms with Gasteiger partial charge in [-0.15, -0.1) is 11.6 Å². The second-order valence-electron chi connectivity index (χ2n) is 3.36. The quantitative estimate of drug-likeness (QED) is 0.675. The van der Waals surface area contributed by atoms with Crippen molar-refractivity contribution < 1.29 is 4.74 Å². The van der Waals surface area contributed by atoms with Crippen LogP contribution < -0.4 is 4.74 Å². The summed E-state index contributed by atoms with van der Waals surface area (Å²) < 4.78 is 5.26. The Labute approximate surface area is 84.7 Å². The zero-order valence-electron chi connectivity index (χ0n) is 8.30. The van der Waals surface area contributed by atoms with E-state index < -0.39 is 0 Å². The molecule has 0 N–H and O–H groups in total. The lowest BCUT2D eigenvalue weighted by Crippen LogP contribution is -1.95. The first-order valence-electron chi connectivity index (χ1n) is 4.41. The van der Waals surface area contributed by atoms with Gasteiger partial charge in [-0.1, -0.05) is 26.0 Å². The molecule has 0 heterocycles. The first-order chi connectivity index (χ1) is 6.19. The first-order valence-corrected chi connectivity index (χ1v) is 4.95. The van der Waals surface area contributed by atoms with Crippen LogP contribution in [0.1, 0.15) is 30.9 Å². The third-order valence-electron chi connectivity index (χ3n) is 2.07. The molecule has 0 unspecified atom stereocenters. The van der Waals surface area contributed by atoms with Crippen molar-refractivity contribution in [2.75, 3.05) is 7.11 Å². The maximum atomic E-state index is 5.76. The molecule has 0 bridgehead atoms. The van der Waals surface area contributed by atoms with E-state index in [0.29, 0.717) is 11.8 Å². The summed E-state index contributed by atoms with van der Waals surface area (Å²) in [4.78, 5) is 0. The van der Waals surface area contributed by atoms with Gasteiger partial charge in [0.1, 0.15) is 5.75 Å². The Morgan fingerprint density at radius 1 is 1.38 bits per heavy atom. The van der Waals surface area contributed by atoms with Crippen LogP contribution in [0.15, 0.2) is 18.2 Å². The third-order valence-corrected chi connectivity index (χ3v) is 2.38. The van der Waals surface area contributed by atoms with Gasteiger partial charge in [-0.3, -0.25) is 0 Å². The van der Waals surface area contributed by atoms with E-state index in [1.54, 1.807) is 7.11 Å². The molecule has 0 aliphatic heterocycles. The molecule has 1 nitrogen and oxygen atoms in total. The smallest absolute Gasteiger partial charge is 0.122 e. The van der Waals surface area contributed by atoms with E-state index in [9.17, 15) is 0 Å². The second kappa shape index (κ2) is 4.52. The van der Waals surface area contributed by atoms with Gasteiger partial charge in [-0.05, 0) is 23.1 Å². The average Bonchev–Trinajstić information content (AvgIpc) is 2.16. The Hall–Kier alpha value is -0.690. The van der Waals surface area contributed by atoms with Crippen molar-refractivity contribution in [2.45, 2.75) is 25.6 Å². The Bertz CT molecular complexity index is 281. The molecule has 1 aromatic carbocycles. The Balaban J connectivity index is 3.10. The fourth-order valence-corrected chi connectivity index (χ4v) is 1.48. The predicted octanol–water partition coefficient (Wildman–Crippen LogP) is 3.56. The van der Waals surface area contributed by atoms with Crippen LogP contribution in [0.4, 0.5) is 0 Å². The zero-order chi connectivity index (χ0) is 9.84. The van der Waals surface area contributed by atoms with Crippen LogP contribution in [-0.4, -0.2) is 7.11 Å². The lowest BCUT2D eigenvalue weighted by Gasteiger charge is -2.12. The molecule has 0 aromatic heterocycles. The van der Waals surface area contributed by atoms with Gasteiger partial charge in [0.05, 0.1) is 7.11 Å². The third kappa shape index (κ3) is 2.38. The van der Waals surface area contributed by atoms with Gasteiger partial charge in [-0.25, -0.2) is 0 Å². The number of methoxy groups -OCH3 is 1. The van der Waals surface area contributed by atoms with E-state index in [1.807, 2.05) is 12.1 Å². The van der Waals surface area contributed by atoms with Crippen LogP contribution in [-0.2, 0) is 5.88 Å². The molecular formula is C11H15ClO. The normalized spacial score (nSPS) is 10.5. The maximum Gasteiger partial charge on any atom is 0.122 e. The summed E-state index contributed by atoms with van der Waals surface area (Å²) in [6, 6.07) is 6.08. The topological polar surface area (TPSA) is 9.23 Å². The number of hydrogen-bond acceptors (Lipinski definition) is 1. The molecule has 0 amide bonds. The summed E-state index contributed by atoms with van der Waals surface area (Å²) >= 11 is 5.76. The summed E-state index contributed by atoms with van der Waals surface area (Å²) in [5, 5.41) is 0. The molecule has 0 spiro atoms. The summed E-state index contributed by atoms with van der Waals surface area (Å²) in [6.45, 7) is 4.30. The van der Waals surface area contributed by atoms with E-state index in [0.717, 1.165) is 11.3 Å². The van der Waals surface area contributed by atoms with Gasteiger partial charge < -0.3 is 4.74 Å². The number of hydrogen-bond donors (Lipinski definition) is 0. The van der Waals surface area contributed by atoms with Gasteiger partial charge in [0, 0.05) is 5.88 Å². The molecule has 0 saturated heterocycles. The van der Waals surface area contributed by atoms with Crippen molar-refractivity contribution in [3.63, 3.8) is 0 Å². The molecule has 0 atom stereocenters. The van der Waals surface area contributed by atoms with E-state index in [2.05, 4.69) is 19.9 Å². The molecular weight excluding hydrogens is 184 g/mol. The highest BCUT2D eigenvalue weighted by atomic mass is 35.5. The minimum atomic E-state index is 0.470. The van der Waals surface area contributed by atoms with Crippen molar-refractivity contribution in [3.8, 4) is 5.75 Å². The number of alkyl halides is 1. The van der Waals surface area contributed by atoms with Crippen LogP contribution >= 0.6 is 11.6 Å². The Kier molecular flexibility index (Phi) is 3.61. The first kappa shape index (κ1) is 10.4. The largest absolute Gasteiger partial charge is 0.496 e. The molecule has 2 heteroatoms. The fourth-order valence-electron chi connectivity index (χ4n) is 1.32. The van der Waals surface area contributed by atoms with Gasteiger partial charge in [0.25, 0.3) is 0 Å². The molecule has 1 aromatic rings. The van der Waals surface area contributed by atoms with E-state index in [1.165, 1.54) is 5.56 Å². The lowest BCUT2D eigenvalue weighted by atomic mass is 10.00. The van der Waals surface area contributed by atoms with E-state index in [4.69, 9.17) is 16.3 Å². The van der Waals surface area contributed by atoms with Crippen LogP contribution in [0.5, 0.6) is 5.75 Å². The molecule has 0 aliphatic rings. The monoisotopic (exact) mass is 198 g/mol. The molecule has 1 rings (SSSR count). The SMILES string of the molecule is COc1ccc(CCl)cc1C(C)C. The fraction of sp³-hybridized carbons (Fsp3) is 0.455. The van der Waals surface area contributed by atoms with Crippen molar-refractivity contribution in [2.24, 2.45) is 0 Å². The summed E-state index contributed by atoms with van der Waals surface area (Å²) in [6.07, 6.45) is 0. The Morgan fingerprint density at radius 3 is 2.54 bits per heavy atom. The minimum absolute atomic E-state index is 0.470. The van der Waals surface area contributed by atoms with Gasteiger partial charge >= 0.3 is 0 Å². The minimum Gasteiger partial charge on any atom is -0.496 e. The molecule has 0 aliphatic carbocycles. The van der Waals surface area contributed by atoms with Crippen LogP contribution in [0, 0.1) is 0 Å². The van der Waals surface area contributed by atoms with Gasteiger partial charge in [0.15, 0.2) is 0 Å². The number of ether oxygens (including phenoxy) is 1. The second-order valence-corrected chi connectivity index (χ2v) is 3.63. The van der Waals surface area contributed by atoms with Crippen molar-refractivity contribution in [1.82, 2.24) is 0 Å². The molecule has 0 radical (unpaired) electrons. The van der Waals surface area contributed by atoms with Crippen LogP contribution in [0.25, 0.3) is 0 Å². The summed E-state index contributed by atoms with van der Waals surface area (Å²) in [5.74, 6) is 1.98. The lowest BCUT2D eigenvalue weighted by molar-refractivity contribution is 0.407. The maximum absolute atomic E-state index is 5.76. The molecule has 13 heavy (non-hydrogen) atoms. The predicted molar refractivity (Wildman–Crippen MR) is 56.6 cm³/mol. The van der Waals surface area contributed by atoms with Crippen LogP contribution in [0.2, 0.25) is 0 Å². The number of halogens is 1. The van der Waals surface area contributed by atoms with Crippen LogP contribution in [0.3, 0.4) is 0 Å². The van der Waals surface area contributed by atoms with E-state index in [-0.39, 0.29) is 0 Å². The van der Waals surface area contributed by atoms with Crippen molar-refractivity contribution >= 4 is 11.6 Å². The molecule has 0 fully saturated rings.